The fraction of sp³-hybridized carbons (Fsp3) is 0.850. The summed E-state index contributed by atoms with van der Waals surface area (Å²) < 4.78 is 0. The average molecular weight is 364 g/mol. The van der Waals surface area contributed by atoms with Crippen LogP contribution >= 0.6 is 0 Å². The minimum Gasteiger partial charge on any atom is -0.343 e. The molecule has 0 radical (unpaired) electrons. The van der Waals surface area contributed by atoms with Crippen molar-refractivity contribution in [3.8, 4) is 0 Å². The molecule has 3 aliphatic heterocycles. The molecule has 0 aliphatic carbocycles. The zero-order valence-electron chi connectivity index (χ0n) is 16.0. The van der Waals surface area contributed by atoms with Crippen LogP contribution in [0.3, 0.4) is 0 Å². The van der Waals surface area contributed by atoms with Crippen molar-refractivity contribution in [1.29, 1.82) is 0 Å². The highest BCUT2D eigenvalue weighted by Gasteiger charge is 2.32. The molecule has 6 nitrogen and oxygen atoms in total. The monoisotopic (exact) mass is 363 g/mol. The summed E-state index contributed by atoms with van der Waals surface area (Å²) in [5.74, 6) is 0.606. The van der Waals surface area contributed by atoms with Crippen molar-refractivity contribution in [2.24, 2.45) is 5.92 Å². The van der Waals surface area contributed by atoms with Crippen molar-refractivity contribution < 1.29 is 14.4 Å². The molecule has 0 unspecified atom stereocenters. The molecule has 26 heavy (non-hydrogen) atoms. The number of likely N-dealkylation sites (tertiary alicyclic amines) is 3. The molecule has 0 aromatic rings. The van der Waals surface area contributed by atoms with Crippen molar-refractivity contribution in [2.45, 2.75) is 64.2 Å². The number of hydrogen-bond acceptors (Lipinski definition) is 3. The van der Waals surface area contributed by atoms with Crippen LogP contribution in [-0.4, -0.2) is 71.7 Å². The third kappa shape index (κ3) is 4.98. The number of rotatable bonds is 5. The van der Waals surface area contributed by atoms with E-state index in [9.17, 15) is 14.4 Å². The van der Waals surface area contributed by atoms with Crippen molar-refractivity contribution in [3.63, 3.8) is 0 Å². The Balaban J connectivity index is 1.47. The number of carbonyl (C=O) groups excluding carboxylic acids is 3. The highest BCUT2D eigenvalue weighted by atomic mass is 16.2. The van der Waals surface area contributed by atoms with E-state index in [-0.39, 0.29) is 23.6 Å². The first kappa shape index (κ1) is 19.2. The first-order chi connectivity index (χ1) is 12.6. The van der Waals surface area contributed by atoms with Gasteiger partial charge in [0.2, 0.25) is 17.7 Å². The van der Waals surface area contributed by atoms with E-state index in [1.54, 1.807) is 0 Å². The first-order valence-electron chi connectivity index (χ1n) is 10.5. The summed E-state index contributed by atoms with van der Waals surface area (Å²) in [7, 11) is 0. The van der Waals surface area contributed by atoms with E-state index >= 15 is 0 Å². The maximum atomic E-state index is 12.9. The van der Waals surface area contributed by atoms with Gasteiger partial charge < -0.3 is 14.7 Å². The van der Waals surface area contributed by atoms with Crippen LogP contribution in [-0.2, 0) is 14.4 Å². The Labute approximate surface area is 156 Å². The van der Waals surface area contributed by atoms with Crippen molar-refractivity contribution in [3.05, 3.63) is 0 Å². The molecule has 0 spiro atoms. The molecule has 0 saturated carbocycles. The molecular weight excluding hydrogens is 330 g/mol. The number of piperidine rings is 1. The highest BCUT2D eigenvalue weighted by Crippen LogP contribution is 2.22. The summed E-state index contributed by atoms with van der Waals surface area (Å²) in [4.78, 5) is 42.7. The summed E-state index contributed by atoms with van der Waals surface area (Å²) in [5.41, 5.74) is 0. The van der Waals surface area contributed by atoms with E-state index < -0.39 is 0 Å². The van der Waals surface area contributed by atoms with Crippen LogP contribution in [0.4, 0.5) is 0 Å². The second-order valence-corrected chi connectivity index (χ2v) is 8.01. The molecule has 3 amide bonds. The van der Waals surface area contributed by atoms with Crippen LogP contribution in [0.25, 0.3) is 0 Å². The zero-order valence-corrected chi connectivity index (χ0v) is 16.0. The normalized spacial score (nSPS) is 25.4. The second-order valence-electron chi connectivity index (χ2n) is 8.01. The van der Waals surface area contributed by atoms with Gasteiger partial charge in [0, 0.05) is 52.1 Å². The molecule has 6 heteroatoms. The predicted octanol–water partition coefficient (Wildman–Crippen LogP) is 2.03. The second kappa shape index (κ2) is 9.38. The smallest absolute Gasteiger partial charge is 0.227 e. The van der Waals surface area contributed by atoms with Gasteiger partial charge in [-0.1, -0.05) is 19.3 Å². The summed E-state index contributed by atoms with van der Waals surface area (Å²) in [6.45, 7) is 4.55. The molecule has 3 saturated heterocycles. The van der Waals surface area contributed by atoms with Crippen molar-refractivity contribution >= 4 is 17.7 Å². The maximum Gasteiger partial charge on any atom is 0.227 e. The summed E-state index contributed by atoms with van der Waals surface area (Å²) >= 11 is 0. The van der Waals surface area contributed by atoms with Gasteiger partial charge in [0.25, 0.3) is 0 Å². The standard InChI is InChI=1S/C20H33N3O3/c24-18-8-6-13-21(18)14-7-15-23-16-17(9-10-19(23)25)20(26)22-11-4-2-1-3-5-12-22/h17H,1-16H2/t17-/m1/s1. The Bertz CT molecular complexity index is 514. The Morgan fingerprint density at radius 2 is 1.46 bits per heavy atom. The van der Waals surface area contributed by atoms with Crippen LogP contribution in [0.15, 0.2) is 0 Å². The lowest BCUT2D eigenvalue weighted by Crippen LogP contribution is -2.48. The Morgan fingerprint density at radius 3 is 2.15 bits per heavy atom. The fourth-order valence-electron chi connectivity index (χ4n) is 4.45. The zero-order chi connectivity index (χ0) is 18.4. The molecule has 0 aromatic heterocycles. The topological polar surface area (TPSA) is 60.9 Å². The van der Waals surface area contributed by atoms with Crippen molar-refractivity contribution in [2.75, 3.05) is 39.3 Å². The molecule has 0 bridgehead atoms. The molecule has 3 fully saturated rings. The molecule has 1 atom stereocenters. The van der Waals surface area contributed by atoms with Gasteiger partial charge in [-0.15, -0.1) is 0 Å². The Kier molecular flexibility index (Phi) is 6.92. The van der Waals surface area contributed by atoms with E-state index in [1.807, 2.05) is 14.7 Å². The molecule has 3 aliphatic rings. The average Bonchev–Trinajstić information content (AvgIpc) is 3.01. The van der Waals surface area contributed by atoms with Crippen LogP contribution in [0.2, 0.25) is 0 Å². The van der Waals surface area contributed by atoms with Gasteiger partial charge in [0.1, 0.15) is 0 Å². The molecule has 0 N–H and O–H groups in total. The third-order valence-electron chi connectivity index (χ3n) is 6.04. The number of amides is 3. The molecule has 0 aromatic carbocycles. The van der Waals surface area contributed by atoms with E-state index in [0.29, 0.717) is 32.4 Å². The molecule has 146 valence electrons. The number of carbonyl (C=O) groups is 3. The highest BCUT2D eigenvalue weighted by molar-refractivity contribution is 5.84. The molecule has 3 rings (SSSR count). The van der Waals surface area contributed by atoms with Gasteiger partial charge in [0.15, 0.2) is 0 Å². The first-order valence-corrected chi connectivity index (χ1v) is 10.5. The summed E-state index contributed by atoms with van der Waals surface area (Å²) in [6.07, 6.45) is 9.51. The van der Waals surface area contributed by atoms with E-state index in [1.165, 1.54) is 19.3 Å². The van der Waals surface area contributed by atoms with Crippen LogP contribution in [0.1, 0.15) is 64.2 Å². The third-order valence-corrected chi connectivity index (χ3v) is 6.04. The van der Waals surface area contributed by atoms with Crippen LogP contribution < -0.4 is 0 Å². The number of hydrogen-bond donors (Lipinski definition) is 0. The van der Waals surface area contributed by atoms with Gasteiger partial charge in [-0.2, -0.15) is 0 Å². The lowest BCUT2D eigenvalue weighted by atomic mass is 9.95. The van der Waals surface area contributed by atoms with E-state index in [0.717, 1.165) is 51.9 Å². The largest absolute Gasteiger partial charge is 0.343 e. The minimum atomic E-state index is -0.0412. The van der Waals surface area contributed by atoms with Gasteiger partial charge in [0.05, 0.1) is 5.92 Å². The van der Waals surface area contributed by atoms with Gasteiger partial charge in [-0.25, -0.2) is 0 Å². The quantitative estimate of drug-likeness (QED) is 0.751. The summed E-state index contributed by atoms with van der Waals surface area (Å²) in [6, 6.07) is 0. The van der Waals surface area contributed by atoms with Crippen molar-refractivity contribution in [1.82, 2.24) is 14.7 Å². The van der Waals surface area contributed by atoms with Gasteiger partial charge in [-0.3, -0.25) is 14.4 Å². The van der Waals surface area contributed by atoms with E-state index in [2.05, 4.69) is 0 Å². The SMILES string of the molecule is O=C1CCCN1CCCN1C[C@H](C(=O)N2CCCCCCC2)CCC1=O. The fourth-order valence-corrected chi connectivity index (χ4v) is 4.45. The molecule has 3 heterocycles. The Morgan fingerprint density at radius 1 is 0.808 bits per heavy atom. The molecular formula is C20H33N3O3. The predicted molar refractivity (Wildman–Crippen MR) is 99.4 cm³/mol. The Hall–Kier alpha value is -1.59. The maximum absolute atomic E-state index is 12.9. The lowest BCUT2D eigenvalue weighted by molar-refractivity contribution is -0.143. The van der Waals surface area contributed by atoms with Crippen LogP contribution in [0.5, 0.6) is 0 Å². The van der Waals surface area contributed by atoms with Crippen LogP contribution in [0, 0.1) is 5.92 Å². The minimum absolute atomic E-state index is 0.0412. The van der Waals surface area contributed by atoms with Gasteiger partial charge in [-0.05, 0) is 32.1 Å². The summed E-state index contributed by atoms with van der Waals surface area (Å²) in [5, 5.41) is 0. The van der Waals surface area contributed by atoms with E-state index in [4.69, 9.17) is 0 Å². The van der Waals surface area contributed by atoms with Gasteiger partial charge >= 0.3 is 0 Å². The number of nitrogens with zero attached hydrogens (tertiary/aromatic N) is 3. The lowest BCUT2D eigenvalue weighted by Gasteiger charge is -2.35.